The third-order valence-electron chi connectivity index (χ3n) is 2.74. The van der Waals surface area contributed by atoms with Crippen LogP contribution in [-0.4, -0.2) is 26.2 Å². The molecule has 0 radical (unpaired) electrons. The van der Waals surface area contributed by atoms with Gasteiger partial charge in [0.15, 0.2) is 0 Å². The van der Waals surface area contributed by atoms with Gasteiger partial charge in [-0.05, 0) is 18.2 Å². The SMILES string of the molecule is COC(=O)C=C(Nc1cc(C(F)(F)F)cc(C(F)(F)F)c1)C(=O)OC. The van der Waals surface area contributed by atoms with E-state index in [0.717, 1.165) is 14.2 Å². The van der Waals surface area contributed by atoms with Crippen molar-refractivity contribution < 1.29 is 45.4 Å². The van der Waals surface area contributed by atoms with Crippen LogP contribution in [0.1, 0.15) is 11.1 Å². The maximum absolute atomic E-state index is 12.8. The molecular weight excluding hydrogens is 360 g/mol. The van der Waals surface area contributed by atoms with Crippen LogP contribution in [0.5, 0.6) is 0 Å². The van der Waals surface area contributed by atoms with Crippen molar-refractivity contribution in [3.63, 3.8) is 0 Å². The lowest BCUT2D eigenvalue weighted by Gasteiger charge is -2.16. The Kier molecular flexibility index (Phi) is 6.05. The second-order valence-corrected chi connectivity index (χ2v) is 4.49. The van der Waals surface area contributed by atoms with Gasteiger partial charge in [0, 0.05) is 5.69 Å². The highest BCUT2D eigenvalue weighted by molar-refractivity contribution is 5.98. The Morgan fingerprint density at radius 2 is 1.40 bits per heavy atom. The number of esters is 2. The number of alkyl halides is 6. The lowest BCUT2D eigenvalue weighted by atomic mass is 10.1. The van der Waals surface area contributed by atoms with Crippen molar-refractivity contribution in [2.75, 3.05) is 19.5 Å². The minimum atomic E-state index is -5.06. The normalized spacial score (nSPS) is 12.6. The molecule has 138 valence electrons. The molecule has 0 saturated heterocycles. The molecule has 1 N–H and O–H groups in total. The highest BCUT2D eigenvalue weighted by atomic mass is 19.4. The van der Waals surface area contributed by atoms with Gasteiger partial charge < -0.3 is 14.8 Å². The van der Waals surface area contributed by atoms with Crippen molar-refractivity contribution in [2.45, 2.75) is 12.4 Å². The van der Waals surface area contributed by atoms with Gasteiger partial charge in [0.1, 0.15) is 5.70 Å². The van der Waals surface area contributed by atoms with Gasteiger partial charge in [-0.2, -0.15) is 26.3 Å². The standard InChI is InChI=1S/C14H11F6NO4/c1-24-11(22)6-10(12(23)25-2)21-9-4-7(13(15,16)17)3-8(5-9)14(18,19)20/h3-6,21H,1-2H3. The van der Waals surface area contributed by atoms with Crippen molar-refractivity contribution in [3.05, 3.63) is 41.1 Å². The van der Waals surface area contributed by atoms with Gasteiger partial charge in [0.25, 0.3) is 0 Å². The van der Waals surface area contributed by atoms with E-state index in [1.807, 2.05) is 5.32 Å². The number of hydrogen-bond donors (Lipinski definition) is 1. The van der Waals surface area contributed by atoms with Crippen LogP contribution < -0.4 is 5.32 Å². The molecule has 0 bridgehead atoms. The van der Waals surface area contributed by atoms with Gasteiger partial charge in [0.05, 0.1) is 31.4 Å². The van der Waals surface area contributed by atoms with E-state index in [0.29, 0.717) is 18.2 Å². The fraction of sp³-hybridized carbons (Fsp3) is 0.286. The number of ether oxygens (including phenoxy) is 2. The smallest absolute Gasteiger partial charge is 0.416 e. The zero-order valence-electron chi connectivity index (χ0n) is 12.7. The predicted molar refractivity (Wildman–Crippen MR) is 72.2 cm³/mol. The van der Waals surface area contributed by atoms with Crippen LogP contribution in [-0.2, 0) is 31.4 Å². The molecular formula is C14H11F6NO4. The Morgan fingerprint density at radius 1 is 0.920 bits per heavy atom. The quantitative estimate of drug-likeness (QED) is 0.500. The number of benzene rings is 1. The molecule has 0 aliphatic heterocycles. The molecule has 0 aliphatic rings. The van der Waals surface area contributed by atoms with Crippen molar-refractivity contribution in [1.82, 2.24) is 0 Å². The number of nitrogens with one attached hydrogen (secondary N) is 1. The molecule has 0 spiro atoms. The molecule has 0 fully saturated rings. The van der Waals surface area contributed by atoms with E-state index in [-0.39, 0.29) is 6.07 Å². The Bertz CT molecular complexity index is 661. The van der Waals surface area contributed by atoms with Crippen molar-refractivity contribution in [2.24, 2.45) is 0 Å². The largest absolute Gasteiger partial charge is 0.466 e. The van der Waals surface area contributed by atoms with Crippen LogP contribution in [0.25, 0.3) is 0 Å². The van der Waals surface area contributed by atoms with Gasteiger partial charge in [-0.1, -0.05) is 0 Å². The van der Waals surface area contributed by atoms with Crippen LogP contribution in [0.15, 0.2) is 30.0 Å². The number of halogens is 6. The highest BCUT2D eigenvalue weighted by Crippen LogP contribution is 2.37. The lowest BCUT2D eigenvalue weighted by molar-refractivity contribution is -0.143. The summed E-state index contributed by atoms with van der Waals surface area (Å²) in [5.41, 5.74) is -4.61. The first-order valence-corrected chi connectivity index (χ1v) is 6.33. The molecule has 0 amide bonds. The van der Waals surface area contributed by atoms with Crippen LogP contribution in [0, 0.1) is 0 Å². The van der Waals surface area contributed by atoms with E-state index >= 15 is 0 Å². The molecule has 1 rings (SSSR count). The number of hydrogen-bond acceptors (Lipinski definition) is 5. The van der Waals surface area contributed by atoms with Crippen LogP contribution in [0.3, 0.4) is 0 Å². The van der Waals surface area contributed by atoms with Gasteiger partial charge in [-0.3, -0.25) is 0 Å². The van der Waals surface area contributed by atoms with E-state index in [2.05, 4.69) is 9.47 Å². The van der Waals surface area contributed by atoms with Crippen LogP contribution >= 0.6 is 0 Å². The first-order valence-electron chi connectivity index (χ1n) is 6.33. The second kappa shape index (κ2) is 7.45. The topological polar surface area (TPSA) is 64.6 Å². The molecule has 0 aromatic heterocycles. The second-order valence-electron chi connectivity index (χ2n) is 4.49. The number of carbonyl (C=O) groups excluding carboxylic acids is 2. The van der Waals surface area contributed by atoms with E-state index in [1.54, 1.807) is 0 Å². The molecule has 11 heteroatoms. The summed E-state index contributed by atoms with van der Waals surface area (Å²) in [6.45, 7) is 0. The molecule has 5 nitrogen and oxygen atoms in total. The Morgan fingerprint density at radius 3 is 1.76 bits per heavy atom. The summed E-state index contributed by atoms with van der Waals surface area (Å²) in [6.07, 6.45) is -9.59. The summed E-state index contributed by atoms with van der Waals surface area (Å²) in [5.74, 6) is -2.27. The zero-order valence-corrected chi connectivity index (χ0v) is 12.7. The molecule has 1 aromatic rings. The summed E-state index contributed by atoms with van der Waals surface area (Å²) in [7, 11) is 1.86. The maximum atomic E-state index is 12.8. The molecule has 0 saturated carbocycles. The summed E-state index contributed by atoms with van der Waals surface area (Å²) < 4.78 is 85.3. The van der Waals surface area contributed by atoms with Crippen molar-refractivity contribution >= 4 is 17.6 Å². The Labute approximate surface area is 137 Å². The summed E-state index contributed by atoms with van der Waals surface area (Å²) in [6, 6.07) is 0.625. The predicted octanol–water partition coefficient (Wildman–Crippen LogP) is 3.37. The van der Waals surface area contributed by atoms with Crippen molar-refractivity contribution in [1.29, 1.82) is 0 Å². The summed E-state index contributed by atoms with van der Waals surface area (Å²) in [4.78, 5) is 22.7. The third-order valence-corrected chi connectivity index (χ3v) is 2.74. The highest BCUT2D eigenvalue weighted by Gasteiger charge is 2.37. The van der Waals surface area contributed by atoms with Gasteiger partial charge in [-0.15, -0.1) is 0 Å². The lowest BCUT2D eigenvalue weighted by Crippen LogP contribution is -2.17. The zero-order chi connectivity index (χ0) is 19.4. The van der Waals surface area contributed by atoms with Crippen LogP contribution in [0.4, 0.5) is 32.0 Å². The fourth-order valence-electron chi connectivity index (χ4n) is 1.62. The van der Waals surface area contributed by atoms with Gasteiger partial charge in [-0.25, -0.2) is 9.59 Å². The minimum Gasteiger partial charge on any atom is -0.466 e. The fourth-order valence-corrected chi connectivity index (χ4v) is 1.62. The number of anilines is 1. The monoisotopic (exact) mass is 371 g/mol. The molecule has 0 heterocycles. The molecule has 0 atom stereocenters. The molecule has 25 heavy (non-hydrogen) atoms. The molecule has 1 aromatic carbocycles. The number of rotatable bonds is 4. The molecule has 0 aliphatic carbocycles. The summed E-state index contributed by atoms with van der Waals surface area (Å²) >= 11 is 0. The van der Waals surface area contributed by atoms with E-state index in [4.69, 9.17) is 0 Å². The average molecular weight is 371 g/mol. The van der Waals surface area contributed by atoms with Gasteiger partial charge in [0.2, 0.25) is 0 Å². The van der Waals surface area contributed by atoms with Gasteiger partial charge >= 0.3 is 24.3 Å². The first kappa shape index (κ1) is 20.3. The van der Waals surface area contributed by atoms with E-state index in [9.17, 15) is 35.9 Å². The minimum absolute atomic E-state index is 0.0764. The van der Waals surface area contributed by atoms with E-state index in [1.165, 1.54) is 0 Å². The van der Waals surface area contributed by atoms with E-state index < -0.39 is 46.8 Å². The molecule has 0 unspecified atom stereocenters. The first-order chi connectivity index (χ1) is 11.4. The number of methoxy groups -OCH3 is 2. The Hall–Kier alpha value is -2.72. The third kappa shape index (κ3) is 5.69. The number of carbonyl (C=O) groups is 2. The summed E-state index contributed by atoms with van der Waals surface area (Å²) in [5, 5.41) is 2.01. The average Bonchev–Trinajstić information content (AvgIpc) is 2.51. The van der Waals surface area contributed by atoms with Crippen LogP contribution in [0.2, 0.25) is 0 Å². The maximum Gasteiger partial charge on any atom is 0.416 e. The Balaban J connectivity index is 3.41. The van der Waals surface area contributed by atoms with Crippen molar-refractivity contribution in [3.8, 4) is 0 Å².